The smallest absolute Gasteiger partial charge is 0.303 e. The van der Waals surface area contributed by atoms with Gasteiger partial charge in [0, 0.05) is 25.6 Å². The first-order valence-electron chi connectivity index (χ1n) is 7.29. The molecule has 5 heteroatoms. The van der Waals surface area contributed by atoms with E-state index in [0.717, 1.165) is 45.3 Å². The Kier molecular flexibility index (Phi) is 5.19. The molecule has 0 aliphatic carbocycles. The van der Waals surface area contributed by atoms with Crippen LogP contribution in [0.1, 0.15) is 51.4 Å². The van der Waals surface area contributed by atoms with Gasteiger partial charge in [0.25, 0.3) is 0 Å². The molecule has 0 saturated carbocycles. The highest BCUT2D eigenvalue weighted by atomic mass is 16.5. The van der Waals surface area contributed by atoms with Gasteiger partial charge in [-0.05, 0) is 38.5 Å². The summed E-state index contributed by atoms with van der Waals surface area (Å²) in [5.74, 6) is -0.640. The van der Waals surface area contributed by atoms with Gasteiger partial charge in [0.15, 0.2) is 0 Å². The summed E-state index contributed by atoms with van der Waals surface area (Å²) in [5.41, 5.74) is 0. The van der Waals surface area contributed by atoms with Crippen LogP contribution in [0.2, 0.25) is 0 Å². The molecule has 1 amide bonds. The number of carboxylic acids is 1. The molecule has 0 radical (unpaired) electrons. The molecule has 108 valence electrons. The van der Waals surface area contributed by atoms with E-state index in [1.807, 2.05) is 4.90 Å². The van der Waals surface area contributed by atoms with Crippen LogP contribution in [0.15, 0.2) is 0 Å². The maximum atomic E-state index is 12.3. The monoisotopic (exact) mass is 269 g/mol. The summed E-state index contributed by atoms with van der Waals surface area (Å²) >= 11 is 0. The SMILES string of the molecule is O=C(O)CCC1CCCCN1C(=O)CC1CCCO1. The number of rotatable bonds is 5. The van der Waals surface area contributed by atoms with Crippen LogP contribution in [0.25, 0.3) is 0 Å². The average molecular weight is 269 g/mol. The summed E-state index contributed by atoms with van der Waals surface area (Å²) in [4.78, 5) is 24.9. The maximum absolute atomic E-state index is 12.3. The third-order valence-corrected chi connectivity index (χ3v) is 4.07. The van der Waals surface area contributed by atoms with E-state index in [4.69, 9.17) is 9.84 Å². The Balaban J connectivity index is 1.86. The number of likely N-dealkylation sites (tertiary alicyclic amines) is 1. The number of carboxylic acid groups (broad SMARTS) is 1. The first kappa shape index (κ1) is 14.3. The molecule has 0 aromatic carbocycles. The van der Waals surface area contributed by atoms with Crippen molar-refractivity contribution in [3.63, 3.8) is 0 Å². The van der Waals surface area contributed by atoms with Crippen molar-refractivity contribution in [1.29, 1.82) is 0 Å². The van der Waals surface area contributed by atoms with Crippen molar-refractivity contribution in [2.24, 2.45) is 0 Å². The molecule has 2 unspecified atom stereocenters. The van der Waals surface area contributed by atoms with Crippen LogP contribution < -0.4 is 0 Å². The Bertz CT molecular complexity index is 325. The topological polar surface area (TPSA) is 66.8 Å². The van der Waals surface area contributed by atoms with Crippen molar-refractivity contribution in [2.75, 3.05) is 13.2 Å². The number of nitrogens with zero attached hydrogens (tertiary/aromatic N) is 1. The number of piperidine rings is 1. The average Bonchev–Trinajstić information content (AvgIpc) is 2.89. The van der Waals surface area contributed by atoms with E-state index in [9.17, 15) is 9.59 Å². The lowest BCUT2D eigenvalue weighted by Crippen LogP contribution is -2.44. The fourth-order valence-electron chi connectivity index (χ4n) is 3.04. The van der Waals surface area contributed by atoms with Crippen molar-refractivity contribution in [2.45, 2.75) is 63.5 Å². The van der Waals surface area contributed by atoms with Gasteiger partial charge in [-0.25, -0.2) is 0 Å². The zero-order valence-electron chi connectivity index (χ0n) is 11.3. The van der Waals surface area contributed by atoms with Crippen molar-refractivity contribution in [3.8, 4) is 0 Å². The van der Waals surface area contributed by atoms with Gasteiger partial charge in [-0.15, -0.1) is 0 Å². The molecule has 2 heterocycles. The van der Waals surface area contributed by atoms with Gasteiger partial charge >= 0.3 is 5.97 Å². The van der Waals surface area contributed by atoms with Gasteiger partial charge < -0.3 is 14.7 Å². The summed E-state index contributed by atoms with van der Waals surface area (Å²) in [6.45, 7) is 1.54. The van der Waals surface area contributed by atoms with Gasteiger partial charge in [0.2, 0.25) is 5.91 Å². The lowest BCUT2D eigenvalue weighted by Gasteiger charge is -2.36. The minimum absolute atomic E-state index is 0.0783. The van der Waals surface area contributed by atoms with E-state index >= 15 is 0 Å². The number of hydrogen-bond acceptors (Lipinski definition) is 3. The van der Waals surface area contributed by atoms with Crippen LogP contribution in [-0.2, 0) is 14.3 Å². The summed E-state index contributed by atoms with van der Waals surface area (Å²) in [6, 6.07) is 0.110. The predicted molar refractivity (Wildman–Crippen MR) is 69.8 cm³/mol. The molecule has 0 aromatic rings. The van der Waals surface area contributed by atoms with Gasteiger partial charge in [-0.1, -0.05) is 0 Å². The van der Waals surface area contributed by atoms with Gasteiger partial charge in [-0.2, -0.15) is 0 Å². The van der Waals surface area contributed by atoms with Crippen molar-refractivity contribution >= 4 is 11.9 Å². The minimum Gasteiger partial charge on any atom is -0.481 e. The Morgan fingerprint density at radius 2 is 2.05 bits per heavy atom. The van der Waals surface area contributed by atoms with Crippen LogP contribution in [0.3, 0.4) is 0 Å². The highest BCUT2D eigenvalue weighted by Crippen LogP contribution is 2.24. The van der Waals surface area contributed by atoms with E-state index in [2.05, 4.69) is 0 Å². The van der Waals surface area contributed by atoms with E-state index in [0.29, 0.717) is 12.8 Å². The lowest BCUT2D eigenvalue weighted by molar-refractivity contribution is -0.141. The minimum atomic E-state index is -0.780. The molecule has 2 atom stereocenters. The zero-order valence-corrected chi connectivity index (χ0v) is 11.3. The van der Waals surface area contributed by atoms with Gasteiger partial charge in [0.1, 0.15) is 0 Å². The van der Waals surface area contributed by atoms with Gasteiger partial charge in [-0.3, -0.25) is 9.59 Å². The molecule has 0 bridgehead atoms. The number of carbonyl (C=O) groups is 2. The third-order valence-electron chi connectivity index (χ3n) is 4.07. The largest absolute Gasteiger partial charge is 0.481 e. The molecule has 5 nitrogen and oxygen atoms in total. The van der Waals surface area contributed by atoms with Crippen molar-refractivity contribution < 1.29 is 19.4 Å². The Morgan fingerprint density at radius 1 is 1.21 bits per heavy atom. The second kappa shape index (κ2) is 6.89. The van der Waals surface area contributed by atoms with Crippen LogP contribution in [-0.4, -0.2) is 47.2 Å². The third kappa shape index (κ3) is 4.20. The molecule has 19 heavy (non-hydrogen) atoms. The maximum Gasteiger partial charge on any atom is 0.303 e. The summed E-state index contributed by atoms with van der Waals surface area (Å²) < 4.78 is 5.51. The Morgan fingerprint density at radius 3 is 2.74 bits per heavy atom. The number of carbonyl (C=O) groups excluding carboxylic acids is 1. The molecule has 1 N–H and O–H groups in total. The fourth-order valence-corrected chi connectivity index (χ4v) is 3.04. The molecule has 2 aliphatic heterocycles. The second-order valence-electron chi connectivity index (χ2n) is 5.51. The number of hydrogen-bond donors (Lipinski definition) is 1. The Labute approximate surface area is 113 Å². The van der Waals surface area contributed by atoms with E-state index in [1.165, 1.54) is 0 Å². The van der Waals surface area contributed by atoms with Crippen molar-refractivity contribution in [1.82, 2.24) is 4.90 Å². The quantitative estimate of drug-likeness (QED) is 0.826. The molecule has 2 saturated heterocycles. The molecule has 0 aromatic heterocycles. The van der Waals surface area contributed by atoms with E-state index in [-0.39, 0.29) is 24.5 Å². The number of ether oxygens (including phenoxy) is 1. The van der Waals surface area contributed by atoms with E-state index in [1.54, 1.807) is 0 Å². The molecular formula is C14H23NO4. The van der Waals surface area contributed by atoms with E-state index < -0.39 is 5.97 Å². The first-order chi connectivity index (χ1) is 9.16. The highest BCUT2D eigenvalue weighted by molar-refractivity contribution is 5.77. The standard InChI is InChI=1S/C14H23NO4/c16-13(10-12-5-3-9-19-12)15-8-2-1-4-11(15)6-7-14(17)18/h11-12H,1-10H2,(H,17,18). The molecule has 0 spiro atoms. The highest BCUT2D eigenvalue weighted by Gasteiger charge is 2.29. The number of aliphatic carboxylic acids is 1. The van der Waals surface area contributed by atoms with Crippen LogP contribution in [0.4, 0.5) is 0 Å². The molecule has 2 fully saturated rings. The summed E-state index contributed by atoms with van der Waals surface area (Å²) in [7, 11) is 0. The fraction of sp³-hybridized carbons (Fsp3) is 0.857. The second-order valence-corrected chi connectivity index (χ2v) is 5.51. The van der Waals surface area contributed by atoms with Crippen LogP contribution >= 0.6 is 0 Å². The normalized spacial score (nSPS) is 27.5. The first-order valence-corrected chi connectivity index (χ1v) is 7.29. The van der Waals surface area contributed by atoms with Crippen molar-refractivity contribution in [3.05, 3.63) is 0 Å². The van der Waals surface area contributed by atoms with Crippen LogP contribution in [0, 0.1) is 0 Å². The van der Waals surface area contributed by atoms with Gasteiger partial charge in [0.05, 0.1) is 12.5 Å². The molecule has 2 rings (SSSR count). The zero-order chi connectivity index (χ0) is 13.7. The van der Waals surface area contributed by atoms with Crippen LogP contribution in [0.5, 0.6) is 0 Å². The predicted octanol–water partition coefficient (Wildman–Crippen LogP) is 1.80. The Hall–Kier alpha value is -1.10. The lowest BCUT2D eigenvalue weighted by atomic mass is 9.97. The molecular weight excluding hydrogens is 246 g/mol. The summed E-state index contributed by atoms with van der Waals surface area (Å²) in [6.07, 6.45) is 6.33. The summed E-state index contributed by atoms with van der Waals surface area (Å²) in [5, 5.41) is 8.78. The molecule has 2 aliphatic rings. The number of amides is 1.